The van der Waals surface area contributed by atoms with Gasteiger partial charge in [-0.1, -0.05) is 37.8 Å². The van der Waals surface area contributed by atoms with Gasteiger partial charge in [-0.3, -0.25) is 9.69 Å². The lowest BCUT2D eigenvalue weighted by molar-refractivity contribution is -0.133. The number of urea groups is 1. The number of hydrogen-bond donors (Lipinski definition) is 1. The fourth-order valence-corrected chi connectivity index (χ4v) is 4.44. The molecule has 0 bridgehead atoms. The highest BCUT2D eigenvalue weighted by molar-refractivity contribution is 6.30. The molecule has 3 amide bonds. The van der Waals surface area contributed by atoms with Crippen molar-refractivity contribution in [3.63, 3.8) is 0 Å². The van der Waals surface area contributed by atoms with E-state index in [1.54, 1.807) is 12.1 Å². The molecule has 6 nitrogen and oxygen atoms in total. The minimum atomic E-state index is -1.08. The number of nitrogens with one attached hydrogen (secondary N) is 1. The highest BCUT2D eigenvalue weighted by atomic mass is 35.5. The standard InChI is InChI=1S/C22H32ClN3O3/c1-4-5-6-7-9-17-15-22(18-14-16(23)10-11-19(18)29-17)20(27)26(21(28)24-22)13-8-12-25(2)3/h10-11,14,17H,4-9,12-13,15H2,1-3H3,(H,24,28). The maximum Gasteiger partial charge on any atom is 0.325 e. The van der Waals surface area contributed by atoms with Crippen molar-refractivity contribution in [3.8, 4) is 5.75 Å². The summed E-state index contributed by atoms with van der Waals surface area (Å²) in [4.78, 5) is 29.6. The molecule has 1 aromatic carbocycles. The molecular weight excluding hydrogens is 390 g/mol. The van der Waals surface area contributed by atoms with Gasteiger partial charge in [-0.2, -0.15) is 0 Å². The molecular formula is C22H32ClN3O3. The summed E-state index contributed by atoms with van der Waals surface area (Å²) in [5.41, 5.74) is -0.411. The number of nitrogens with zero attached hydrogens (tertiary/aromatic N) is 2. The lowest BCUT2D eigenvalue weighted by Crippen LogP contribution is -2.50. The minimum absolute atomic E-state index is 0.105. The van der Waals surface area contributed by atoms with Gasteiger partial charge in [0.25, 0.3) is 5.91 Å². The van der Waals surface area contributed by atoms with Crippen LogP contribution in [0.3, 0.4) is 0 Å². The van der Waals surface area contributed by atoms with E-state index >= 15 is 0 Å². The molecule has 2 heterocycles. The first-order valence-corrected chi connectivity index (χ1v) is 11.0. The van der Waals surface area contributed by atoms with Crippen LogP contribution in [0, 0.1) is 0 Å². The van der Waals surface area contributed by atoms with Crippen molar-refractivity contribution in [2.24, 2.45) is 0 Å². The predicted octanol–water partition coefficient (Wildman–Crippen LogP) is 4.16. The number of ether oxygens (including phenoxy) is 1. The molecule has 1 aromatic rings. The third kappa shape index (κ3) is 4.69. The Morgan fingerprint density at radius 3 is 2.76 bits per heavy atom. The Hall–Kier alpha value is -1.79. The normalized spacial score (nSPS) is 23.5. The van der Waals surface area contributed by atoms with Gasteiger partial charge in [-0.05, 0) is 58.1 Å². The lowest BCUT2D eigenvalue weighted by Gasteiger charge is -2.38. The quantitative estimate of drug-likeness (QED) is 0.480. The molecule has 2 aliphatic heterocycles. The summed E-state index contributed by atoms with van der Waals surface area (Å²) in [5, 5.41) is 3.54. The topological polar surface area (TPSA) is 61.9 Å². The van der Waals surface area contributed by atoms with Crippen LogP contribution in [-0.4, -0.2) is 55.0 Å². The molecule has 0 aromatic heterocycles. The number of imide groups is 1. The molecule has 2 atom stereocenters. The van der Waals surface area contributed by atoms with Crippen LogP contribution in [0.2, 0.25) is 5.02 Å². The van der Waals surface area contributed by atoms with Gasteiger partial charge < -0.3 is 15.0 Å². The predicted molar refractivity (Wildman–Crippen MR) is 114 cm³/mol. The van der Waals surface area contributed by atoms with Crippen molar-refractivity contribution in [1.29, 1.82) is 0 Å². The van der Waals surface area contributed by atoms with Crippen LogP contribution in [0.1, 0.15) is 57.4 Å². The molecule has 1 spiro atoms. The van der Waals surface area contributed by atoms with Gasteiger partial charge in [-0.15, -0.1) is 0 Å². The number of fused-ring (bicyclic) bond motifs is 2. The van der Waals surface area contributed by atoms with E-state index in [1.807, 2.05) is 25.1 Å². The number of amides is 3. The van der Waals surface area contributed by atoms with Crippen molar-refractivity contribution in [3.05, 3.63) is 28.8 Å². The smallest absolute Gasteiger partial charge is 0.325 e. The summed E-state index contributed by atoms with van der Waals surface area (Å²) >= 11 is 6.23. The van der Waals surface area contributed by atoms with Gasteiger partial charge in [0.1, 0.15) is 11.9 Å². The van der Waals surface area contributed by atoms with Crippen LogP contribution < -0.4 is 10.1 Å². The van der Waals surface area contributed by atoms with E-state index < -0.39 is 5.54 Å². The molecule has 7 heteroatoms. The van der Waals surface area contributed by atoms with Crippen molar-refractivity contribution in [1.82, 2.24) is 15.1 Å². The molecule has 1 N–H and O–H groups in total. The van der Waals surface area contributed by atoms with Crippen molar-refractivity contribution < 1.29 is 14.3 Å². The molecule has 29 heavy (non-hydrogen) atoms. The summed E-state index contributed by atoms with van der Waals surface area (Å²) in [6.07, 6.45) is 6.51. The zero-order valence-corrected chi connectivity index (χ0v) is 18.4. The maximum absolute atomic E-state index is 13.5. The van der Waals surface area contributed by atoms with Crippen LogP contribution in [0.4, 0.5) is 4.79 Å². The van der Waals surface area contributed by atoms with Crippen LogP contribution in [0.25, 0.3) is 0 Å². The van der Waals surface area contributed by atoms with Gasteiger partial charge in [0.05, 0.1) is 0 Å². The molecule has 1 fully saturated rings. The third-order valence-electron chi connectivity index (χ3n) is 5.77. The molecule has 160 valence electrons. The average molecular weight is 422 g/mol. The number of hydrogen-bond acceptors (Lipinski definition) is 4. The zero-order valence-electron chi connectivity index (χ0n) is 17.7. The van der Waals surface area contributed by atoms with E-state index in [-0.39, 0.29) is 18.0 Å². The van der Waals surface area contributed by atoms with Crippen molar-refractivity contribution in [2.45, 2.75) is 63.5 Å². The second-order valence-corrected chi connectivity index (χ2v) is 8.82. The average Bonchev–Trinajstić information content (AvgIpc) is 2.90. The number of carbonyl (C=O) groups is 2. The first-order valence-electron chi connectivity index (χ1n) is 10.6. The second-order valence-electron chi connectivity index (χ2n) is 8.38. The van der Waals surface area contributed by atoms with Gasteiger partial charge in [0.2, 0.25) is 0 Å². The summed E-state index contributed by atoms with van der Waals surface area (Å²) in [7, 11) is 3.96. The number of unbranched alkanes of at least 4 members (excludes halogenated alkanes) is 3. The maximum atomic E-state index is 13.5. The number of carbonyl (C=O) groups excluding carboxylic acids is 2. The minimum Gasteiger partial charge on any atom is -0.490 e. The Morgan fingerprint density at radius 1 is 1.24 bits per heavy atom. The van der Waals surface area contributed by atoms with Gasteiger partial charge >= 0.3 is 6.03 Å². The summed E-state index contributed by atoms with van der Waals surface area (Å²) < 4.78 is 6.20. The van der Waals surface area contributed by atoms with Gasteiger partial charge in [0.15, 0.2) is 5.54 Å². The summed E-state index contributed by atoms with van der Waals surface area (Å²) in [6, 6.07) is 5.01. The molecule has 0 saturated carbocycles. The molecule has 2 unspecified atom stereocenters. The van der Waals surface area contributed by atoms with Crippen LogP contribution >= 0.6 is 11.6 Å². The lowest BCUT2D eigenvalue weighted by atomic mass is 9.80. The van der Waals surface area contributed by atoms with Crippen LogP contribution in [0.5, 0.6) is 5.75 Å². The van der Waals surface area contributed by atoms with Crippen LogP contribution in [-0.2, 0) is 10.3 Å². The summed E-state index contributed by atoms with van der Waals surface area (Å²) in [6.45, 7) is 3.40. The molecule has 0 radical (unpaired) electrons. The Morgan fingerprint density at radius 2 is 2.03 bits per heavy atom. The number of benzene rings is 1. The zero-order chi connectivity index (χ0) is 21.0. The fourth-order valence-electron chi connectivity index (χ4n) is 4.27. The Kier molecular flexibility index (Phi) is 7.06. The Bertz CT molecular complexity index is 755. The van der Waals surface area contributed by atoms with Crippen molar-refractivity contribution in [2.75, 3.05) is 27.2 Å². The number of rotatable bonds is 9. The number of halogens is 1. The van der Waals surface area contributed by atoms with E-state index in [4.69, 9.17) is 16.3 Å². The van der Waals surface area contributed by atoms with Crippen LogP contribution in [0.15, 0.2) is 18.2 Å². The highest BCUT2D eigenvalue weighted by Crippen LogP contribution is 2.45. The third-order valence-corrected chi connectivity index (χ3v) is 6.01. The monoisotopic (exact) mass is 421 g/mol. The first-order chi connectivity index (χ1) is 13.9. The van der Waals surface area contributed by atoms with Gasteiger partial charge in [0, 0.05) is 23.6 Å². The Labute approximate surface area is 178 Å². The molecule has 0 aliphatic carbocycles. The summed E-state index contributed by atoms with van der Waals surface area (Å²) in [5.74, 6) is 0.455. The van der Waals surface area contributed by atoms with E-state index in [0.29, 0.717) is 29.3 Å². The van der Waals surface area contributed by atoms with E-state index in [2.05, 4.69) is 12.2 Å². The molecule has 2 aliphatic rings. The molecule has 3 rings (SSSR count). The van der Waals surface area contributed by atoms with E-state index in [0.717, 1.165) is 32.2 Å². The fraction of sp³-hybridized carbons (Fsp3) is 0.636. The Balaban J connectivity index is 1.84. The van der Waals surface area contributed by atoms with Gasteiger partial charge in [-0.25, -0.2) is 4.79 Å². The second kappa shape index (κ2) is 9.35. The van der Waals surface area contributed by atoms with Crippen molar-refractivity contribution >= 4 is 23.5 Å². The molecule has 1 saturated heterocycles. The SMILES string of the molecule is CCCCCCC1CC2(NC(=O)N(CCCN(C)C)C2=O)c2cc(Cl)ccc2O1. The van der Waals surface area contributed by atoms with E-state index in [1.165, 1.54) is 17.7 Å². The van der Waals surface area contributed by atoms with E-state index in [9.17, 15) is 9.59 Å². The first kappa shape index (κ1) is 21.9. The largest absolute Gasteiger partial charge is 0.490 e. The highest BCUT2D eigenvalue weighted by Gasteiger charge is 2.56.